The van der Waals surface area contributed by atoms with Gasteiger partial charge in [0.2, 0.25) is 0 Å². The minimum absolute atomic E-state index is 0.512. The molecule has 0 unspecified atom stereocenters. The molecule has 0 atom stereocenters. The molecule has 0 fully saturated rings. The van der Waals surface area contributed by atoms with Crippen LogP contribution >= 0.6 is 35.0 Å². The highest BCUT2D eigenvalue weighted by atomic mass is 35.5. The summed E-state index contributed by atoms with van der Waals surface area (Å²) < 4.78 is 0. The van der Waals surface area contributed by atoms with E-state index < -0.39 is 0 Å². The summed E-state index contributed by atoms with van der Waals surface area (Å²) in [5.41, 5.74) is 5.51. The lowest BCUT2D eigenvalue weighted by atomic mass is 10.4. The molecule has 0 radical (unpaired) electrons. The van der Waals surface area contributed by atoms with Crippen LogP contribution in [0.2, 0.25) is 10.0 Å². The van der Waals surface area contributed by atoms with E-state index in [1.807, 2.05) is 18.2 Å². The van der Waals surface area contributed by atoms with Gasteiger partial charge in [-0.05, 0) is 30.3 Å². The molecule has 0 bridgehead atoms. The van der Waals surface area contributed by atoms with E-state index in [-0.39, 0.29) is 0 Å². The second kappa shape index (κ2) is 4.95. The lowest BCUT2D eigenvalue weighted by Crippen LogP contribution is -1.87. The number of halogens is 2. The molecule has 0 saturated heterocycles. The average molecular weight is 271 g/mol. The van der Waals surface area contributed by atoms with Crippen molar-refractivity contribution in [1.29, 1.82) is 0 Å². The monoisotopic (exact) mass is 270 g/mol. The quantitative estimate of drug-likeness (QED) is 0.892. The van der Waals surface area contributed by atoms with Crippen LogP contribution in [0.15, 0.2) is 46.3 Å². The fraction of sp³-hybridized carbons (Fsp3) is 0. The van der Waals surface area contributed by atoms with Crippen LogP contribution in [-0.2, 0) is 0 Å². The van der Waals surface area contributed by atoms with Crippen molar-refractivity contribution in [3.63, 3.8) is 0 Å². The Balaban J connectivity index is 2.20. The molecule has 2 aromatic rings. The van der Waals surface area contributed by atoms with Gasteiger partial charge in [0.05, 0.1) is 10.0 Å². The predicted molar refractivity (Wildman–Crippen MR) is 69.2 cm³/mol. The smallest absolute Gasteiger partial charge is 0.123 e. The summed E-state index contributed by atoms with van der Waals surface area (Å²) in [6, 6.07) is 9.19. The van der Waals surface area contributed by atoms with Crippen molar-refractivity contribution >= 4 is 40.8 Å². The topological polar surface area (TPSA) is 38.9 Å². The third-order valence-electron chi connectivity index (χ3n) is 1.89. The first-order valence-corrected chi connectivity index (χ1v) is 6.07. The van der Waals surface area contributed by atoms with Crippen molar-refractivity contribution in [2.24, 2.45) is 0 Å². The van der Waals surface area contributed by atoms with Gasteiger partial charge in [-0.1, -0.05) is 35.0 Å². The number of hydrogen-bond acceptors (Lipinski definition) is 3. The highest BCUT2D eigenvalue weighted by Crippen LogP contribution is 2.32. The van der Waals surface area contributed by atoms with E-state index in [2.05, 4.69) is 4.98 Å². The summed E-state index contributed by atoms with van der Waals surface area (Å²) >= 11 is 13.3. The van der Waals surface area contributed by atoms with Crippen LogP contribution < -0.4 is 5.73 Å². The molecular formula is C11H8Cl2N2S. The molecule has 2 rings (SSSR count). The van der Waals surface area contributed by atoms with Gasteiger partial charge in [-0.15, -0.1) is 0 Å². The molecule has 0 aliphatic carbocycles. The van der Waals surface area contributed by atoms with Crippen molar-refractivity contribution in [2.45, 2.75) is 9.79 Å². The van der Waals surface area contributed by atoms with E-state index in [1.54, 1.807) is 30.1 Å². The third kappa shape index (κ3) is 2.82. The molecule has 16 heavy (non-hydrogen) atoms. The first-order chi connectivity index (χ1) is 7.65. The molecule has 0 aliphatic rings. The maximum absolute atomic E-state index is 5.92. The van der Waals surface area contributed by atoms with E-state index >= 15 is 0 Å². The summed E-state index contributed by atoms with van der Waals surface area (Å²) in [7, 11) is 0. The van der Waals surface area contributed by atoms with Gasteiger partial charge in [-0.2, -0.15) is 0 Å². The van der Waals surface area contributed by atoms with Crippen molar-refractivity contribution in [3.05, 3.63) is 46.6 Å². The molecule has 82 valence electrons. The fourth-order valence-corrected chi connectivity index (χ4v) is 2.32. The molecule has 1 heterocycles. The van der Waals surface area contributed by atoms with Gasteiger partial charge in [0.15, 0.2) is 0 Å². The van der Waals surface area contributed by atoms with Crippen LogP contribution in [0.25, 0.3) is 0 Å². The van der Waals surface area contributed by atoms with Crippen LogP contribution in [0, 0.1) is 0 Å². The van der Waals surface area contributed by atoms with Gasteiger partial charge < -0.3 is 5.73 Å². The standard InChI is InChI=1S/C11H8Cl2N2S/c12-9-3-1-7(5-10(9)13)16-8-2-4-11(14)15-6-8/h1-6H,(H2,14,15). The highest BCUT2D eigenvalue weighted by molar-refractivity contribution is 7.99. The molecule has 0 aliphatic heterocycles. The number of nitrogens with two attached hydrogens (primary N) is 1. The molecule has 1 aromatic carbocycles. The summed E-state index contributed by atoms with van der Waals surface area (Å²) in [6.07, 6.45) is 1.72. The van der Waals surface area contributed by atoms with Crippen molar-refractivity contribution in [2.75, 3.05) is 5.73 Å². The maximum atomic E-state index is 5.92. The van der Waals surface area contributed by atoms with E-state index in [0.717, 1.165) is 9.79 Å². The normalized spacial score (nSPS) is 10.4. The number of benzene rings is 1. The Labute approximate surface area is 108 Å². The molecular weight excluding hydrogens is 263 g/mol. The highest BCUT2D eigenvalue weighted by Gasteiger charge is 2.01. The zero-order valence-electron chi connectivity index (χ0n) is 8.15. The molecule has 0 saturated carbocycles. The summed E-state index contributed by atoms with van der Waals surface area (Å²) in [4.78, 5) is 6.03. The summed E-state index contributed by atoms with van der Waals surface area (Å²) in [5, 5.41) is 1.11. The number of nitrogen functional groups attached to an aromatic ring is 1. The van der Waals surface area contributed by atoms with Crippen LogP contribution in [0.3, 0.4) is 0 Å². The Morgan fingerprint density at radius 2 is 1.75 bits per heavy atom. The minimum atomic E-state index is 0.512. The number of aromatic nitrogens is 1. The Kier molecular flexibility index (Phi) is 3.59. The Morgan fingerprint density at radius 3 is 2.38 bits per heavy atom. The SMILES string of the molecule is Nc1ccc(Sc2ccc(Cl)c(Cl)c2)cn1. The van der Waals surface area contributed by atoms with Gasteiger partial charge in [0, 0.05) is 16.0 Å². The number of rotatable bonds is 2. The van der Waals surface area contributed by atoms with E-state index in [1.165, 1.54) is 0 Å². The molecule has 2 nitrogen and oxygen atoms in total. The second-order valence-electron chi connectivity index (χ2n) is 3.10. The average Bonchev–Trinajstić information content (AvgIpc) is 2.27. The van der Waals surface area contributed by atoms with E-state index in [0.29, 0.717) is 15.9 Å². The van der Waals surface area contributed by atoms with E-state index in [4.69, 9.17) is 28.9 Å². The minimum Gasteiger partial charge on any atom is -0.384 e. The molecule has 0 spiro atoms. The first-order valence-electron chi connectivity index (χ1n) is 4.49. The Morgan fingerprint density at radius 1 is 1.00 bits per heavy atom. The largest absolute Gasteiger partial charge is 0.384 e. The zero-order chi connectivity index (χ0) is 11.5. The second-order valence-corrected chi connectivity index (χ2v) is 5.06. The Hall–Kier alpha value is -0.900. The number of hydrogen-bond donors (Lipinski definition) is 1. The molecule has 2 N–H and O–H groups in total. The van der Waals surface area contributed by atoms with Gasteiger partial charge in [0.25, 0.3) is 0 Å². The maximum Gasteiger partial charge on any atom is 0.123 e. The Bertz CT molecular complexity index is 500. The van der Waals surface area contributed by atoms with Crippen molar-refractivity contribution in [3.8, 4) is 0 Å². The van der Waals surface area contributed by atoms with Crippen molar-refractivity contribution < 1.29 is 0 Å². The number of anilines is 1. The summed E-state index contributed by atoms with van der Waals surface area (Å²) in [6.45, 7) is 0. The van der Waals surface area contributed by atoms with Crippen LogP contribution in [0.4, 0.5) is 5.82 Å². The third-order valence-corrected chi connectivity index (χ3v) is 3.59. The fourth-order valence-electron chi connectivity index (χ4n) is 1.13. The molecule has 5 heteroatoms. The first kappa shape index (κ1) is 11.6. The lowest BCUT2D eigenvalue weighted by molar-refractivity contribution is 1.24. The van der Waals surface area contributed by atoms with Crippen LogP contribution in [-0.4, -0.2) is 4.98 Å². The lowest BCUT2D eigenvalue weighted by Gasteiger charge is -2.03. The molecule has 1 aromatic heterocycles. The van der Waals surface area contributed by atoms with E-state index in [9.17, 15) is 0 Å². The summed E-state index contributed by atoms with van der Waals surface area (Å²) in [5.74, 6) is 0.512. The van der Waals surface area contributed by atoms with Gasteiger partial charge in [-0.3, -0.25) is 0 Å². The van der Waals surface area contributed by atoms with Crippen LogP contribution in [0.1, 0.15) is 0 Å². The predicted octanol–water partition coefficient (Wildman–Crippen LogP) is 4.12. The van der Waals surface area contributed by atoms with Crippen LogP contribution in [0.5, 0.6) is 0 Å². The molecule has 0 amide bonds. The van der Waals surface area contributed by atoms with Gasteiger partial charge in [-0.25, -0.2) is 4.98 Å². The zero-order valence-corrected chi connectivity index (χ0v) is 10.5. The van der Waals surface area contributed by atoms with Gasteiger partial charge >= 0.3 is 0 Å². The number of pyridine rings is 1. The van der Waals surface area contributed by atoms with Gasteiger partial charge in [0.1, 0.15) is 5.82 Å². The van der Waals surface area contributed by atoms with Crippen molar-refractivity contribution in [1.82, 2.24) is 4.98 Å². The number of nitrogens with zero attached hydrogens (tertiary/aromatic N) is 1.